The maximum absolute atomic E-state index is 3.76. The first kappa shape index (κ1) is 10.5. The van der Waals surface area contributed by atoms with Gasteiger partial charge in [0.15, 0.2) is 0 Å². The molecule has 2 saturated carbocycles. The summed E-state index contributed by atoms with van der Waals surface area (Å²) in [5, 5.41) is 3.76. The Morgan fingerprint density at radius 1 is 1.29 bits per heavy atom. The smallest absolute Gasteiger partial charge is 0.0129 e. The van der Waals surface area contributed by atoms with E-state index in [1.807, 2.05) is 0 Å². The van der Waals surface area contributed by atoms with E-state index in [0.717, 1.165) is 12.0 Å². The van der Waals surface area contributed by atoms with Crippen molar-refractivity contribution in [2.24, 2.45) is 16.7 Å². The topological polar surface area (TPSA) is 12.0 Å². The van der Waals surface area contributed by atoms with Crippen molar-refractivity contribution in [3.8, 4) is 0 Å². The first-order valence-electron chi connectivity index (χ1n) is 6.25. The van der Waals surface area contributed by atoms with Crippen LogP contribution in [0.5, 0.6) is 0 Å². The van der Waals surface area contributed by atoms with Crippen LogP contribution in [0.3, 0.4) is 0 Å². The Bertz CT molecular complexity index is 221. The normalized spacial score (nSPS) is 44.6. The van der Waals surface area contributed by atoms with E-state index < -0.39 is 0 Å². The van der Waals surface area contributed by atoms with E-state index in [2.05, 4.69) is 33.0 Å². The van der Waals surface area contributed by atoms with Gasteiger partial charge in [0.05, 0.1) is 0 Å². The van der Waals surface area contributed by atoms with Crippen LogP contribution in [0.25, 0.3) is 0 Å². The van der Waals surface area contributed by atoms with E-state index >= 15 is 0 Å². The van der Waals surface area contributed by atoms with Crippen molar-refractivity contribution in [1.29, 1.82) is 0 Å². The van der Waals surface area contributed by atoms with Crippen molar-refractivity contribution < 1.29 is 0 Å². The largest absolute Gasteiger partial charge is 0.313 e. The predicted molar refractivity (Wildman–Crippen MR) is 61.3 cm³/mol. The fourth-order valence-electron chi connectivity index (χ4n) is 3.83. The second-order valence-electron chi connectivity index (χ2n) is 6.12. The van der Waals surface area contributed by atoms with Crippen molar-refractivity contribution in [1.82, 2.24) is 5.32 Å². The van der Waals surface area contributed by atoms with Gasteiger partial charge in [0.1, 0.15) is 0 Å². The quantitative estimate of drug-likeness (QED) is 0.729. The highest BCUT2D eigenvalue weighted by molar-refractivity contribution is 5.12. The maximum atomic E-state index is 3.76. The van der Waals surface area contributed by atoms with E-state index in [0.29, 0.717) is 10.8 Å². The average Bonchev–Trinajstić information content (AvgIpc) is 2.46. The van der Waals surface area contributed by atoms with Crippen LogP contribution in [0.1, 0.15) is 53.4 Å². The SMILES string of the molecule is CCCNC1CC2CC[C@@]1(C)C2(C)C. The average molecular weight is 195 g/mol. The van der Waals surface area contributed by atoms with Crippen molar-refractivity contribution in [3.05, 3.63) is 0 Å². The molecule has 1 nitrogen and oxygen atoms in total. The molecular formula is C13H25N. The van der Waals surface area contributed by atoms with Gasteiger partial charge in [-0.1, -0.05) is 27.7 Å². The molecular weight excluding hydrogens is 170 g/mol. The van der Waals surface area contributed by atoms with Gasteiger partial charge in [0.2, 0.25) is 0 Å². The summed E-state index contributed by atoms with van der Waals surface area (Å²) in [6.07, 6.45) is 5.58. The summed E-state index contributed by atoms with van der Waals surface area (Å²) in [6, 6.07) is 0.788. The molecule has 82 valence electrons. The van der Waals surface area contributed by atoms with Crippen LogP contribution in [0, 0.1) is 16.7 Å². The van der Waals surface area contributed by atoms with Gasteiger partial charge in [-0.3, -0.25) is 0 Å². The lowest BCUT2D eigenvalue weighted by Crippen LogP contribution is -2.44. The highest BCUT2D eigenvalue weighted by Gasteiger charge is 2.60. The van der Waals surface area contributed by atoms with E-state index in [1.165, 1.54) is 32.2 Å². The summed E-state index contributed by atoms with van der Waals surface area (Å²) in [5.41, 5.74) is 1.13. The molecule has 0 saturated heterocycles. The van der Waals surface area contributed by atoms with Crippen LogP contribution in [-0.4, -0.2) is 12.6 Å². The van der Waals surface area contributed by atoms with Crippen molar-refractivity contribution >= 4 is 0 Å². The third-order valence-corrected chi connectivity index (χ3v) is 5.43. The number of fused-ring (bicyclic) bond motifs is 2. The maximum Gasteiger partial charge on any atom is 0.0129 e. The van der Waals surface area contributed by atoms with E-state index in [1.54, 1.807) is 0 Å². The molecule has 3 atom stereocenters. The Morgan fingerprint density at radius 3 is 2.43 bits per heavy atom. The number of rotatable bonds is 3. The molecule has 0 aromatic carbocycles. The Hall–Kier alpha value is -0.0400. The van der Waals surface area contributed by atoms with Gasteiger partial charge in [-0.25, -0.2) is 0 Å². The Labute approximate surface area is 88.7 Å². The molecule has 2 rings (SSSR count). The molecule has 2 unspecified atom stereocenters. The molecule has 2 fully saturated rings. The van der Waals surface area contributed by atoms with E-state index in [9.17, 15) is 0 Å². The van der Waals surface area contributed by atoms with Gasteiger partial charge < -0.3 is 5.32 Å². The summed E-state index contributed by atoms with van der Waals surface area (Å²) in [6.45, 7) is 10.9. The molecule has 0 aromatic rings. The predicted octanol–water partition coefficient (Wildman–Crippen LogP) is 3.20. The lowest BCUT2D eigenvalue weighted by atomic mass is 9.69. The van der Waals surface area contributed by atoms with Crippen LogP contribution >= 0.6 is 0 Å². The minimum Gasteiger partial charge on any atom is -0.313 e. The van der Waals surface area contributed by atoms with Crippen LogP contribution in [0.15, 0.2) is 0 Å². The second kappa shape index (κ2) is 3.23. The van der Waals surface area contributed by atoms with E-state index in [4.69, 9.17) is 0 Å². The van der Waals surface area contributed by atoms with Crippen molar-refractivity contribution in [3.63, 3.8) is 0 Å². The van der Waals surface area contributed by atoms with Gasteiger partial charge in [-0.05, 0) is 49.0 Å². The molecule has 14 heavy (non-hydrogen) atoms. The number of nitrogens with one attached hydrogen (secondary N) is 1. The first-order chi connectivity index (χ1) is 6.52. The Morgan fingerprint density at radius 2 is 2.00 bits per heavy atom. The highest BCUT2D eigenvalue weighted by atomic mass is 15.0. The first-order valence-corrected chi connectivity index (χ1v) is 6.25. The molecule has 0 amide bonds. The summed E-state index contributed by atoms with van der Waals surface area (Å²) in [4.78, 5) is 0. The number of hydrogen-bond acceptors (Lipinski definition) is 1. The molecule has 0 aromatic heterocycles. The molecule has 1 N–H and O–H groups in total. The van der Waals surface area contributed by atoms with Crippen molar-refractivity contribution in [2.45, 2.75) is 59.4 Å². The summed E-state index contributed by atoms with van der Waals surface area (Å²) < 4.78 is 0. The minimum absolute atomic E-state index is 0.562. The molecule has 0 radical (unpaired) electrons. The third-order valence-electron chi connectivity index (χ3n) is 5.43. The zero-order valence-electron chi connectivity index (χ0n) is 10.2. The molecule has 1 heteroatoms. The van der Waals surface area contributed by atoms with Crippen LogP contribution in [0.4, 0.5) is 0 Å². The minimum atomic E-state index is 0.562. The highest BCUT2D eigenvalue weighted by Crippen LogP contribution is 2.65. The van der Waals surface area contributed by atoms with Crippen LogP contribution in [-0.2, 0) is 0 Å². The fraction of sp³-hybridized carbons (Fsp3) is 1.00. The summed E-state index contributed by atoms with van der Waals surface area (Å²) >= 11 is 0. The Balaban J connectivity index is 2.11. The fourth-order valence-corrected chi connectivity index (χ4v) is 3.83. The van der Waals surface area contributed by atoms with E-state index in [-0.39, 0.29) is 0 Å². The van der Waals surface area contributed by atoms with Gasteiger partial charge in [0.25, 0.3) is 0 Å². The third kappa shape index (κ3) is 1.18. The second-order valence-corrected chi connectivity index (χ2v) is 6.12. The molecule has 0 spiro atoms. The van der Waals surface area contributed by atoms with Crippen LogP contribution < -0.4 is 5.32 Å². The summed E-state index contributed by atoms with van der Waals surface area (Å²) in [5.74, 6) is 0.974. The Kier molecular flexibility index (Phi) is 2.42. The zero-order valence-corrected chi connectivity index (χ0v) is 10.2. The monoisotopic (exact) mass is 195 g/mol. The van der Waals surface area contributed by atoms with Gasteiger partial charge >= 0.3 is 0 Å². The molecule has 2 bridgehead atoms. The summed E-state index contributed by atoms with van der Waals surface area (Å²) in [7, 11) is 0. The molecule has 2 aliphatic carbocycles. The zero-order chi connectivity index (χ0) is 10.4. The van der Waals surface area contributed by atoms with Crippen molar-refractivity contribution in [2.75, 3.05) is 6.54 Å². The lowest BCUT2D eigenvalue weighted by molar-refractivity contribution is 0.121. The molecule has 2 aliphatic rings. The van der Waals surface area contributed by atoms with Gasteiger partial charge in [-0.2, -0.15) is 0 Å². The standard InChI is InChI=1S/C13H25N/c1-5-8-14-11-9-10-6-7-13(11,4)12(10,2)3/h10-11,14H,5-9H2,1-4H3/t10?,11?,13-/m1/s1. The van der Waals surface area contributed by atoms with Gasteiger partial charge in [-0.15, -0.1) is 0 Å². The number of hydrogen-bond donors (Lipinski definition) is 1. The van der Waals surface area contributed by atoms with Crippen LogP contribution in [0.2, 0.25) is 0 Å². The lowest BCUT2D eigenvalue weighted by Gasteiger charge is -2.39. The molecule has 0 heterocycles. The van der Waals surface area contributed by atoms with Gasteiger partial charge in [0, 0.05) is 6.04 Å². The molecule has 0 aliphatic heterocycles.